The lowest BCUT2D eigenvalue weighted by atomic mass is 10.1. The van der Waals surface area contributed by atoms with Gasteiger partial charge in [-0.3, -0.25) is 9.36 Å². The van der Waals surface area contributed by atoms with Crippen molar-refractivity contribution in [3.05, 3.63) is 30.5 Å². The van der Waals surface area contributed by atoms with Crippen LogP contribution in [0.1, 0.15) is 25.8 Å². The van der Waals surface area contributed by atoms with Gasteiger partial charge in [0.2, 0.25) is 0 Å². The molecule has 6 nitrogen and oxygen atoms in total. The second-order valence-corrected chi connectivity index (χ2v) is 6.69. The number of carbonyl (C=O) groups excluding carboxylic acids is 1. The van der Waals surface area contributed by atoms with Crippen LogP contribution < -0.4 is 0 Å². The Morgan fingerprint density at radius 1 is 1.38 bits per heavy atom. The highest BCUT2D eigenvalue weighted by molar-refractivity contribution is 7.99. The minimum absolute atomic E-state index is 0.221. The molecule has 1 fully saturated rings. The van der Waals surface area contributed by atoms with Crippen molar-refractivity contribution < 1.29 is 9.53 Å². The van der Waals surface area contributed by atoms with Crippen molar-refractivity contribution in [2.24, 2.45) is 0 Å². The van der Waals surface area contributed by atoms with Gasteiger partial charge in [0.15, 0.2) is 11.0 Å². The van der Waals surface area contributed by atoms with Crippen molar-refractivity contribution >= 4 is 28.6 Å². The van der Waals surface area contributed by atoms with Crippen LogP contribution in [-0.4, -0.2) is 38.1 Å². The summed E-state index contributed by atoms with van der Waals surface area (Å²) >= 11 is 1.39. The zero-order chi connectivity index (χ0) is 16.5. The van der Waals surface area contributed by atoms with Crippen LogP contribution in [0.5, 0.6) is 0 Å². The molecule has 0 unspecified atom stereocenters. The lowest BCUT2D eigenvalue weighted by Crippen LogP contribution is -2.08. The number of para-hydroxylation sites is 1. The summed E-state index contributed by atoms with van der Waals surface area (Å²) in [6.07, 6.45) is 4.23. The molecular weight excluding hydrogens is 324 g/mol. The van der Waals surface area contributed by atoms with Gasteiger partial charge < -0.3 is 9.72 Å². The Balaban J connectivity index is 1.68. The van der Waals surface area contributed by atoms with E-state index in [4.69, 9.17) is 4.74 Å². The minimum atomic E-state index is -0.221. The monoisotopic (exact) mass is 342 g/mol. The van der Waals surface area contributed by atoms with E-state index >= 15 is 0 Å². The first-order valence-corrected chi connectivity index (χ1v) is 9.06. The maximum atomic E-state index is 11.6. The zero-order valence-corrected chi connectivity index (χ0v) is 14.2. The number of aromatic nitrogens is 4. The third-order valence-electron chi connectivity index (χ3n) is 4.03. The van der Waals surface area contributed by atoms with Gasteiger partial charge in [0, 0.05) is 28.7 Å². The molecule has 2 aromatic heterocycles. The van der Waals surface area contributed by atoms with Crippen LogP contribution in [0.4, 0.5) is 0 Å². The van der Waals surface area contributed by atoms with Gasteiger partial charge in [-0.05, 0) is 25.8 Å². The molecule has 4 rings (SSSR count). The van der Waals surface area contributed by atoms with Gasteiger partial charge >= 0.3 is 5.97 Å². The summed E-state index contributed by atoms with van der Waals surface area (Å²) in [6, 6.07) is 8.59. The highest BCUT2D eigenvalue weighted by Crippen LogP contribution is 2.42. The van der Waals surface area contributed by atoms with E-state index in [1.807, 2.05) is 31.3 Å². The number of carbonyl (C=O) groups is 1. The molecule has 0 radical (unpaired) electrons. The molecule has 1 saturated carbocycles. The number of nitrogens with one attached hydrogen (secondary N) is 1. The van der Waals surface area contributed by atoms with Crippen LogP contribution in [0.25, 0.3) is 22.3 Å². The first-order chi connectivity index (χ1) is 11.8. The number of H-pyrrole nitrogens is 1. The number of ether oxygens (including phenoxy) is 1. The van der Waals surface area contributed by atoms with Crippen LogP contribution in [0.2, 0.25) is 0 Å². The third kappa shape index (κ3) is 2.80. The number of nitrogens with zero attached hydrogens (tertiary/aromatic N) is 3. The van der Waals surface area contributed by atoms with Gasteiger partial charge in [-0.15, -0.1) is 10.2 Å². The summed E-state index contributed by atoms with van der Waals surface area (Å²) < 4.78 is 7.16. The quantitative estimate of drug-likeness (QED) is 0.549. The maximum Gasteiger partial charge on any atom is 0.316 e. The fourth-order valence-corrected chi connectivity index (χ4v) is 3.61. The number of fused-ring (bicyclic) bond motifs is 1. The van der Waals surface area contributed by atoms with E-state index < -0.39 is 0 Å². The average molecular weight is 342 g/mol. The summed E-state index contributed by atoms with van der Waals surface area (Å²) in [5.41, 5.74) is 2.13. The Bertz CT molecular complexity index is 882. The molecule has 1 N–H and O–H groups in total. The van der Waals surface area contributed by atoms with Gasteiger partial charge in [0.1, 0.15) is 0 Å². The van der Waals surface area contributed by atoms with Crippen LogP contribution in [0.15, 0.2) is 35.6 Å². The fraction of sp³-hybridized carbons (Fsp3) is 0.353. The van der Waals surface area contributed by atoms with Crippen molar-refractivity contribution in [2.45, 2.75) is 31.0 Å². The number of hydrogen-bond acceptors (Lipinski definition) is 5. The first-order valence-electron chi connectivity index (χ1n) is 8.07. The lowest BCUT2D eigenvalue weighted by Gasteiger charge is -2.08. The van der Waals surface area contributed by atoms with E-state index in [1.54, 1.807) is 0 Å². The van der Waals surface area contributed by atoms with Crippen molar-refractivity contribution in [2.75, 3.05) is 12.4 Å². The number of thioether (sulfide) groups is 1. The number of rotatable bonds is 6. The van der Waals surface area contributed by atoms with Crippen LogP contribution in [-0.2, 0) is 9.53 Å². The van der Waals surface area contributed by atoms with E-state index in [0.717, 1.165) is 40.3 Å². The van der Waals surface area contributed by atoms with Gasteiger partial charge in [0.05, 0.1) is 12.4 Å². The largest absolute Gasteiger partial charge is 0.465 e. The molecule has 1 aromatic carbocycles. The Morgan fingerprint density at radius 3 is 3.00 bits per heavy atom. The Hall–Kier alpha value is -2.28. The van der Waals surface area contributed by atoms with Crippen molar-refractivity contribution in [1.29, 1.82) is 0 Å². The van der Waals surface area contributed by atoms with Gasteiger partial charge in [0.25, 0.3) is 0 Å². The first kappa shape index (κ1) is 15.3. The molecule has 0 aliphatic heterocycles. The van der Waals surface area contributed by atoms with E-state index in [2.05, 4.69) is 25.8 Å². The smallest absolute Gasteiger partial charge is 0.316 e. The van der Waals surface area contributed by atoms with E-state index in [9.17, 15) is 4.79 Å². The van der Waals surface area contributed by atoms with E-state index in [1.165, 1.54) is 11.8 Å². The SMILES string of the molecule is CCOC(=O)CSc1nnc(-c2c[nH]c3ccccc23)n1C1CC1. The van der Waals surface area contributed by atoms with Crippen LogP contribution >= 0.6 is 11.8 Å². The van der Waals surface area contributed by atoms with Gasteiger partial charge in [-0.25, -0.2) is 0 Å². The van der Waals surface area contributed by atoms with Crippen molar-refractivity contribution in [1.82, 2.24) is 19.7 Å². The summed E-state index contributed by atoms with van der Waals surface area (Å²) in [5.74, 6) is 0.898. The molecule has 0 atom stereocenters. The average Bonchev–Trinajstić information content (AvgIpc) is 3.20. The van der Waals surface area contributed by atoms with E-state index in [-0.39, 0.29) is 11.7 Å². The molecule has 0 saturated heterocycles. The van der Waals surface area contributed by atoms with Crippen molar-refractivity contribution in [3.8, 4) is 11.4 Å². The number of benzene rings is 1. The van der Waals surface area contributed by atoms with Gasteiger partial charge in [-0.2, -0.15) is 0 Å². The maximum absolute atomic E-state index is 11.6. The molecule has 0 amide bonds. The molecular formula is C17H18N4O2S. The predicted molar refractivity (Wildman–Crippen MR) is 92.9 cm³/mol. The lowest BCUT2D eigenvalue weighted by molar-refractivity contribution is -0.139. The summed E-state index contributed by atoms with van der Waals surface area (Å²) in [6.45, 7) is 2.21. The number of esters is 1. The van der Waals surface area contributed by atoms with Gasteiger partial charge in [-0.1, -0.05) is 30.0 Å². The molecule has 0 spiro atoms. The second-order valence-electron chi connectivity index (χ2n) is 5.75. The summed E-state index contributed by atoms with van der Waals surface area (Å²) in [4.78, 5) is 14.9. The van der Waals surface area contributed by atoms with Crippen molar-refractivity contribution in [3.63, 3.8) is 0 Å². The predicted octanol–water partition coefficient (Wildman–Crippen LogP) is 3.42. The second kappa shape index (κ2) is 6.32. The zero-order valence-electron chi connectivity index (χ0n) is 13.4. The molecule has 124 valence electrons. The van der Waals surface area contributed by atoms with Crippen LogP contribution in [0.3, 0.4) is 0 Å². The Morgan fingerprint density at radius 2 is 2.21 bits per heavy atom. The summed E-state index contributed by atoms with van der Waals surface area (Å²) in [7, 11) is 0. The molecule has 1 aliphatic rings. The minimum Gasteiger partial charge on any atom is -0.465 e. The Labute approximate surface area is 143 Å². The molecule has 1 aliphatic carbocycles. The Kier molecular flexibility index (Phi) is 4.02. The summed E-state index contributed by atoms with van der Waals surface area (Å²) in [5, 5.41) is 10.7. The third-order valence-corrected chi connectivity index (χ3v) is 4.95. The van der Waals surface area contributed by atoms with E-state index in [0.29, 0.717) is 12.6 Å². The normalized spacial score (nSPS) is 14.2. The molecule has 0 bridgehead atoms. The molecule has 3 aromatic rings. The highest BCUT2D eigenvalue weighted by Gasteiger charge is 2.31. The molecule has 24 heavy (non-hydrogen) atoms. The number of aromatic amines is 1. The fourth-order valence-electron chi connectivity index (χ4n) is 2.80. The topological polar surface area (TPSA) is 72.8 Å². The molecule has 7 heteroatoms. The van der Waals surface area contributed by atoms with Crippen LogP contribution in [0, 0.1) is 0 Å². The standard InChI is InChI=1S/C17H18N4O2S/c1-2-23-15(22)10-24-17-20-19-16(21(17)11-7-8-11)13-9-18-14-6-4-3-5-12(13)14/h3-6,9,11,18H,2,7-8,10H2,1H3. The molecule has 2 heterocycles. The highest BCUT2D eigenvalue weighted by atomic mass is 32.2. The number of hydrogen-bond donors (Lipinski definition) is 1.